The van der Waals surface area contributed by atoms with E-state index >= 15 is 0 Å². The van der Waals surface area contributed by atoms with Gasteiger partial charge < -0.3 is 10.6 Å². The third-order valence-corrected chi connectivity index (χ3v) is 3.88. The molecule has 1 aliphatic carbocycles. The predicted molar refractivity (Wildman–Crippen MR) is 78.9 cm³/mol. The van der Waals surface area contributed by atoms with Gasteiger partial charge in [0, 0.05) is 24.7 Å². The van der Waals surface area contributed by atoms with Crippen LogP contribution >= 0.6 is 0 Å². The molecule has 1 aromatic carbocycles. The Morgan fingerprint density at radius 3 is 3.05 bits per heavy atom. The molecule has 19 heavy (non-hydrogen) atoms. The molecule has 1 aromatic rings. The van der Waals surface area contributed by atoms with Crippen LogP contribution in [0.2, 0.25) is 0 Å². The van der Waals surface area contributed by atoms with Crippen molar-refractivity contribution < 1.29 is 4.79 Å². The fourth-order valence-corrected chi connectivity index (χ4v) is 2.88. The number of nitrogens with zero attached hydrogens (tertiary/aromatic N) is 1. The van der Waals surface area contributed by atoms with E-state index in [1.54, 1.807) is 0 Å². The van der Waals surface area contributed by atoms with Crippen molar-refractivity contribution in [3.63, 3.8) is 0 Å². The van der Waals surface area contributed by atoms with Gasteiger partial charge in [-0.05, 0) is 36.5 Å². The van der Waals surface area contributed by atoms with Crippen LogP contribution in [0.3, 0.4) is 0 Å². The number of benzene rings is 1. The fraction of sp³-hybridized carbons (Fsp3) is 0.438. The molecule has 0 spiro atoms. The van der Waals surface area contributed by atoms with Crippen LogP contribution in [0.4, 0.5) is 5.69 Å². The van der Waals surface area contributed by atoms with Gasteiger partial charge in [-0.1, -0.05) is 25.1 Å². The molecule has 2 rings (SSSR count). The number of carbonyl (C=O) groups excluding carboxylic acids is 1. The minimum absolute atomic E-state index is 0.206. The lowest BCUT2D eigenvalue weighted by Gasteiger charge is -2.35. The number of hydrogen-bond donors (Lipinski definition) is 1. The van der Waals surface area contributed by atoms with Crippen LogP contribution in [0.1, 0.15) is 30.9 Å². The first-order valence-corrected chi connectivity index (χ1v) is 6.94. The topological polar surface area (TPSA) is 46.3 Å². The van der Waals surface area contributed by atoms with Gasteiger partial charge in [0.2, 0.25) is 5.91 Å². The molecular weight excluding hydrogens is 236 g/mol. The highest BCUT2D eigenvalue weighted by atomic mass is 16.2. The summed E-state index contributed by atoms with van der Waals surface area (Å²) in [5.41, 5.74) is 9.44. The van der Waals surface area contributed by atoms with E-state index in [-0.39, 0.29) is 11.9 Å². The van der Waals surface area contributed by atoms with Gasteiger partial charge in [0.05, 0.1) is 0 Å². The molecule has 0 radical (unpaired) electrons. The average Bonchev–Trinajstić information content (AvgIpc) is 2.44. The van der Waals surface area contributed by atoms with E-state index in [0.29, 0.717) is 13.0 Å². The summed E-state index contributed by atoms with van der Waals surface area (Å²) in [5, 5.41) is 0. The van der Waals surface area contributed by atoms with Crippen molar-refractivity contribution in [2.75, 3.05) is 12.3 Å². The van der Waals surface area contributed by atoms with Crippen LogP contribution in [0.15, 0.2) is 30.9 Å². The first-order valence-electron chi connectivity index (χ1n) is 6.94. The summed E-state index contributed by atoms with van der Waals surface area (Å²) in [6.45, 7) is 6.30. The van der Waals surface area contributed by atoms with Gasteiger partial charge in [-0.2, -0.15) is 0 Å². The first-order chi connectivity index (χ1) is 9.17. The largest absolute Gasteiger partial charge is 0.398 e. The zero-order valence-electron chi connectivity index (χ0n) is 11.6. The standard InChI is InChI=1S/C16H22N2O/c1-3-10-18(16(19)4-2)13-8-9-14-12(11-13)6-5-7-15(14)17/h3,5-7,13H,1,4,8-11,17H2,2H3. The van der Waals surface area contributed by atoms with Gasteiger partial charge in [-0.25, -0.2) is 0 Å². The smallest absolute Gasteiger partial charge is 0.222 e. The molecule has 0 bridgehead atoms. The van der Waals surface area contributed by atoms with Crippen molar-refractivity contribution in [1.29, 1.82) is 0 Å². The molecule has 0 heterocycles. The number of anilines is 1. The van der Waals surface area contributed by atoms with Crippen molar-refractivity contribution in [2.24, 2.45) is 0 Å². The van der Waals surface area contributed by atoms with Crippen LogP contribution in [0.25, 0.3) is 0 Å². The van der Waals surface area contributed by atoms with Crippen molar-refractivity contribution in [1.82, 2.24) is 4.90 Å². The summed E-state index contributed by atoms with van der Waals surface area (Å²) < 4.78 is 0. The molecule has 0 saturated carbocycles. The van der Waals surface area contributed by atoms with Gasteiger partial charge in [-0.15, -0.1) is 6.58 Å². The highest BCUT2D eigenvalue weighted by molar-refractivity contribution is 5.76. The maximum absolute atomic E-state index is 12.0. The lowest BCUT2D eigenvalue weighted by molar-refractivity contribution is -0.132. The van der Waals surface area contributed by atoms with E-state index in [1.165, 1.54) is 11.1 Å². The molecular formula is C16H22N2O. The Hall–Kier alpha value is -1.77. The van der Waals surface area contributed by atoms with Crippen LogP contribution in [0.5, 0.6) is 0 Å². The number of carbonyl (C=O) groups is 1. The number of rotatable bonds is 4. The minimum atomic E-state index is 0.206. The number of nitrogens with two attached hydrogens (primary N) is 1. The maximum Gasteiger partial charge on any atom is 0.222 e. The SMILES string of the molecule is C=CCN(C(=O)CC)C1CCc2c(N)cccc2C1. The minimum Gasteiger partial charge on any atom is -0.398 e. The molecule has 0 aliphatic heterocycles. The van der Waals surface area contributed by atoms with Crippen molar-refractivity contribution >= 4 is 11.6 Å². The molecule has 0 saturated heterocycles. The zero-order chi connectivity index (χ0) is 13.8. The van der Waals surface area contributed by atoms with Crippen LogP contribution in [-0.2, 0) is 17.6 Å². The Morgan fingerprint density at radius 1 is 1.58 bits per heavy atom. The number of fused-ring (bicyclic) bond motifs is 1. The average molecular weight is 258 g/mol. The molecule has 2 N–H and O–H groups in total. The molecule has 1 amide bonds. The van der Waals surface area contributed by atoms with Crippen LogP contribution < -0.4 is 5.73 Å². The van der Waals surface area contributed by atoms with Crippen LogP contribution in [-0.4, -0.2) is 23.4 Å². The fourth-order valence-electron chi connectivity index (χ4n) is 2.88. The van der Waals surface area contributed by atoms with Crippen molar-refractivity contribution in [3.05, 3.63) is 42.0 Å². The zero-order valence-corrected chi connectivity index (χ0v) is 11.6. The van der Waals surface area contributed by atoms with Gasteiger partial charge in [0.1, 0.15) is 0 Å². The van der Waals surface area contributed by atoms with Crippen LogP contribution in [0, 0.1) is 0 Å². The molecule has 0 fully saturated rings. The summed E-state index contributed by atoms with van der Waals surface area (Å²) in [5.74, 6) is 0.206. The third-order valence-electron chi connectivity index (χ3n) is 3.88. The summed E-state index contributed by atoms with van der Waals surface area (Å²) in [7, 11) is 0. The van der Waals surface area contributed by atoms with Gasteiger partial charge >= 0.3 is 0 Å². The lowest BCUT2D eigenvalue weighted by atomic mass is 9.86. The van der Waals surface area contributed by atoms with E-state index in [4.69, 9.17) is 5.73 Å². The van der Waals surface area contributed by atoms with Crippen molar-refractivity contribution in [3.8, 4) is 0 Å². The Kier molecular flexibility index (Phi) is 4.25. The summed E-state index contributed by atoms with van der Waals surface area (Å²) >= 11 is 0. The molecule has 102 valence electrons. The highest BCUT2D eigenvalue weighted by Crippen LogP contribution is 2.28. The first kappa shape index (κ1) is 13.7. The Morgan fingerprint density at radius 2 is 2.37 bits per heavy atom. The van der Waals surface area contributed by atoms with Gasteiger partial charge in [0.15, 0.2) is 0 Å². The molecule has 3 nitrogen and oxygen atoms in total. The monoisotopic (exact) mass is 258 g/mol. The Balaban J connectivity index is 2.20. The van der Waals surface area contributed by atoms with Gasteiger partial charge in [-0.3, -0.25) is 4.79 Å². The number of amides is 1. The molecule has 1 aliphatic rings. The normalized spacial score (nSPS) is 17.6. The summed E-state index contributed by atoms with van der Waals surface area (Å²) in [6.07, 6.45) is 5.20. The summed E-state index contributed by atoms with van der Waals surface area (Å²) in [6, 6.07) is 6.36. The van der Waals surface area contributed by atoms with Crippen molar-refractivity contribution in [2.45, 2.75) is 38.6 Å². The van der Waals surface area contributed by atoms with E-state index in [2.05, 4.69) is 12.6 Å². The summed E-state index contributed by atoms with van der Waals surface area (Å²) in [4.78, 5) is 14.0. The molecule has 1 unspecified atom stereocenters. The van der Waals surface area contributed by atoms with Gasteiger partial charge in [0.25, 0.3) is 0 Å². The number of nitrogen functional groups attached to an aromatic ring is 1. The molecule has 3 heteroatoms. The highest BCUT2D eigenvalue weighted by Gasteiger charge is 2.26. The second kappa shape index (κ2) is 5.91. The lowest BCUT2D eigenvalue weighted by Crippen LogP contribution is -2.43. The Bertz CT molecular complexity index is 482. The maximum atomic E-state index is 12.0. The van der Waals surface area contributed by atoms with E-state index in [1.807, 2.05) is 30.0 Å². The second-order valence-electron chi connectivity index (χ2n) is 5.07. The van der Waals surface area contributed by atoms with E-state index in [9.17, 15) is 4.79 Å². The predicted octanol–water partition coefficient (Wildman–Crippen LogP) is 2.55. The Labute approximate surface area is 115 Å². The van der Waals surface area contributed by atoms with E-state index < -0.39 is 0 Å². The van der Waals surface area contributed by atoms with E-state index in [0.717, 1.165) is 24.9 Å². The quantitative estimate of drug-likeness (QED) is 0.666. The molecule has 0 aromatic heterocycles. The second-order valence-corrected chi connectivity index (χ2v) is 5.07. The third kappa shape index (κ3) is 2.80. The number of hydrogen-bond acceptors (Lipinski definition) is 2. The molecule has 1 atom stereocenters.